The van der Waals surface area contributed by atoms with Crippen LogP contribution < -0.4 is 22.0 Å². The van der Waals surface area contributed by atoms with E-state index in [1.54, 1.807) is 36.4 Å². The summed E-state index contributed by atoms with van der Waals surface area (Å²) in [6.07, 6.45) is 1.07. The van der Waals surface area contributed by atoms with Crippen LogP contribution in [0.15, 0.2) is 85.5 Å². The van der Waals surface area contributed by atoms with Gasteiger partial charge in [0.05, 0.1) is 21.0 Å². The summed E-state index contributed by atoms with van der Waals surface area (Å²) in [6.45, 7) is 2.44. The number of aryl methyl sites for hydroxylation is 2. The van der Waals surface area contributed by atoms with Gasteiger partial charge in [-0.25, -0.2) is 36.0 Å². The van der Waals surface area contributed by atoms with Crippen molar-refractivity contribution >= 4 is 74.0 Å². The van der Waals surface area contributed by atoms with Gasteiger partial charge in [-0.2, -0.15) is 31.4 Å². The van der Waals surface area contributed by atoms with Gasteiger partial charge in [0.1, 0.15) is 17.5 Å². The van der Waals surface area contributed by atoms with Crippen molar-refractivity contribution in [2.75, 3.05) is 17.3 Å². The van der Waals surface area contributed by atoms with E-state index < -0.39 is 72.1 Å². The summed E-state index contributed by atoms with van der Waals surface area (Å²) in [5.41, 5.74) is -1.17. The van der Waals surface area contributed by atoms with E-state index in [1.165, 1.54) is 52.2 Å². The van der Waals surface area contributed by atoms with E-state index in [0.29, 0.717) is 0 Å². The van der Waals surface area contributed by atoms with Crippen LogP contribution >= 0.6 is 24.4 Å². The minimum Gasteiger partial charge on any atom is -0.480 e. The van der Waals surface area contributed by atoms with Crippen molar-refractivity contribution in [1.29, 1.82) is 0 Å². The Morgan fingerprint density at radius 2 is 1.25 bits per heavy atom. The molecule has 56 heavy (non-hydrogen) atoms. The Morgan fingerprint density at radius 1 is 0.768 bits per heavy atom. The van der Waals surface area contributed by atoms with Crippen LogP contribution in [-0.4, -0.2) is 120 Å². The Balaban J connectivity index is 0.000000329. The molecule has 1 unspecified atom stereocenters. The Kier molecular flexibility index (Phi) is 17.9. The number of aliphatic carboxylic acids is 2. The van der Waals surface area contributed by atoms with Crippen LogP contribution in [0.2, 0.25) is 0 Å². The molecule has 26 heteroatoms. The highest BCUT2D eigenvalue weighted by Crippen LogP contribution is 2.26. The number of carbonyl (C=O) groups excluding carboxylic acids is 2. The standard InChI is InChI=1S/C15H19N5O6S2.C10H10N4O3S.C5H9NO3S/c1-10(21)16-12(14(22)23)8-27-13(20-15(24)19(2)17-18-20)9-28(25,26)11-6-4-3-5-7-11;1-13-10(15)14(12-11-13)7-8-18(16,17)9-5-3-2-4-6-9;1-3(7)6-4(2-10)5(8)9/h3-7,12-13H,8-9H2,1-2H3,(H,16,21)(H,22,23);2-8H,1H3;4,10H,2H2,1H3,(H,6,7)(H,8,9)/b;8-7+;/t12-,13?;;4-/m0.0/s1. The number of amides is 2. The third kappa shape index (κ3) is 14.6. The molecule has 0 aliphatic carbocycles. The fourth-order valence-electron chi connectivity index (χ4n) is 3.92. The molecule has 2 heterocycles. The first kappa shape index (κ1) is 46.6. The summed E-state index contributed by atoms with van der Waals surface area (Å²) in [7, 11) is -4.60. The number of benzene rings is 2. The van der Waals surface area contributed by atoms with Crippen molar-refractivity contribution < 1.29 is 46.2 Å². The first-order valence-electron chi connectivity index (χ1n) is 15.7. The van der Waals surface area contributed by atoms with Gasteiger partial charge >= 0.3 is 23.3 Å². The molecule has 22 nitrogen and oxygen atoms in total. The number of carboxylic acid groups (broad SMARTS) is 2. The highest BCUT2D eigenvalue weighted by atomic mass is 32.2. The van der Waals surface area contributed by atoms with E-state index in [0.717, 1.165) is 42.1 Å². The summed E-state index contributed by atoms with van der Waals surface area (Å²) < 4.78 is 52.8. The molecule has 0 bridgehead atoms. The van der Waals surface area contributed by atoms with E-state index in [9.17, 15) is 50.7 Å². The number of carboxylic acids is 2. The zero-order chi connectivity index (χ0) is 42.2. The summed E-state index contributed by atoms with van der Waals surface area (Å²) in [6, 6.07) is 13.4. The lowest BCUT2D eigenvalue weighted by Crippen LogP contribution is -2.42. The SMILES string of the molecule is CC(=O)N[C@@H](CS)C(=O)O.CC(=O)N[C@@H](CSC(CS(=O)(=O)c1ccccc1)n1nnn(C)c1=O)C(=O)O.Cn1nnn(/C=C/S(=O)(=O)c2ccccc2)c1=O. The molecule has 0 saturated heterocycles. The molecule has 0 aliphatic heterocycles. The van der Waals surface area contributed by atoms with Crippen LogP contribution in [0.5, 0.6) is 0 Å². The molecule has 0 spiro atoms. The highest BCUT2D eigenvalue weighted by Gasteiger charge is 2.29. The summed E-state index contributed by atoms with van der Waals surface area (Å²) in [5.74, 6) is -3.82. The first-order chi connectivity index (χ1) is 26.2. The topological polar surface area (TPSA) is 306 Å². The number of rotatable bonds is 15. The van der Waals surface area contributed by atoms with E-state index in [4.69, 9.17) is 5.11 Å². The van der Waals surface area contributed by atoms with Crippen molar-refractivity contribution in [3.05, 3.63) is 87.0 Å². The van der Waals surface area contributed by atoms with Crippen LogP contribution in [0.25, 0.3) is 6.20 Å². The van der Waals surface area contributed by atoms with Gasteiger partial charge < -0.3 is 20.8 Å². The molecule has 4 aromatic rings. The lowest BCUT2D eigenvalue weighted by molar-refractivity contribution is -0.141. The van der Waals surface area contributed by atoms with E-state index in [-0.39, 0.29) is 27.2 Å². The third-order valence-corrected chi connectivity index (χ3v) is 11.7. The molecule has 4 N–H and O–H groups in total. The average Bonchev–Trinajstić information content (AvgIpc) is 3.66. The second-order valence-corrected chi connectivity index (χ2v) is 16.5. The highest BCUT2D eigenvalue weighted by molar-refractivity contribution is 8.00. The molecule has 3 atom stereocenters. The van der Waals surface area contributed by atoms with Gasteiger partial charge in [-0.05, 0) is 45.1 Å². The predicted molar refractivity (Wildman–Crippen MR) is 204 cm³/mol. The molecule has 304 valence electrons. The number of sulfone groups is 2. The molecule has 0 aliphatic rings. The second-order valence-electron chi connectivity index (χ2n) is 11.1. The van der Waals surface area contributed by atoms with Crippen molar-refractivity contribution in [3.63, 3.8) is 0 Å². The van der Waals surface area contributed by atoms with E-state index in [2.05, 4.69) is 44.1 Å². The van der Waals surface area contributed by atoms with Crippen LogP contribution in [-0.2, 0) is 52.9 Å². The minimum atomic E-state index is -3.80. The summed E-state index contributed by atoms with van der Waals surface area (Å²) in [4.78, 5) is 66.8. The molecule has 2 aromatic carbocycles. The maximum absolute atomic E-state index is 12.7. The van der Waals surface area contributed by atoms with Gasteiger partial charge in [0.25, 0.3) is 0 Å². The number of aromatic nitrogens is 8. The lowest BCUT2D eigenvalue weighted by Gasteiger charge is -2.19. The molecule has 4 rings (SSSR count). The first-order valence-corrected chi connectivity index (χ1v) is 20.5. The van der Waals surface area contributed by atoms with Crippen molar-refractivity contribution in [2.24, 2.45) is 14.1 Å². The maximum Gasteiger partial charge on any atom is 0.367 e. The Labute approximate surface area is 328 Å². The number of nitrogens with one attached hydrogen (secondary N) is 2. The molecule has 0 radical (unpaired) electrons. The van der Waals surface area contributed by atoms with Crippen LogP contribution in [0.1, 0.15) is 19.2 Å². The van der Waals surface area contributed by atoms with Crippen LogP contribution in [0.4, 0.5) is 0 Å². The van der Waals surface area contributed by atoms with Crippen molar-refractivity contribution in [3.8, 4) is 0 Å². The van der Waals surface area contributed by atoms with Gasteiger partial charge in [-0.1, -0.05) is 36.4 Å². The molecule has 0 fully saturated rings. The number of thiol groups is 1. The number of nitrogens with zero attached hydrogens (tertiary/aromatic N) is 8. The quantitative estimate of drug-likeness (QED) is 0.0864. The Bertz CT molecular complexity index is 2330. The number of thioether (sulfide) groups is 1. The zero-order valence-corrected chi connectivity index (χ0v) is 33.4. The molecule has 2 amide bonds. The largest absolute Gasteiger partial charge is 0.480 e. The number of hydrogen-bond acceptors (Lipinski definition) is 16. The predicted octanol–water partition coefficient (Wildman–Crippen LogP) is -1.34. The van der Waals surface area contributed by atoms with Gasteiger partial charge in [-0.15, -0.1) is 11.8 Å². The van der Waals surface area contributed by atoms with E-state index in [1.807, 2.05) is 0 Å². The van der Waals surface area contributed by atoms with Gasteiger partial charge in [-0.3, -0.25) is 9.59 Å². The number of hydrogen-bond donors (Lipinski definition) is 5. The number of tetrazole rings is 2. The van der Waals surface area contributed by atoms with Crippen LogP contribution in [0.3, 0.4) is 0 Å². The zero-order valence-electron chi connectivity index (χ0n) is 30.0. The third-order valence-electron chi connectivity index (χ3n) is 6.67. The minimum absolute atomic E-state index is 0.0641. The summed E-state index contributed by atoms with van der Waals surface area (Å²) >= 11 is 4.61. The molecular weight excluding hydrogens is 821 g/mol. The molecular formula is C30H38N10O12S4. The maximum atomic E-state index is 12.7. The molecule has 2 aromatic heterocycles. The monoisotopic (exact) mass is 858 g/mol. The van der Waals surface area contributed by atoms with Gasteiger partial charge in [0, 0.05) is 45.6 Å². The fourth-order valence-corrected chi connectivity index (χ4v) is 8.25. The smallest absolute Gasteiger partial charge is 0.367 e. The Hall–Kier alpha value is -5.60. The Morgan fingerprint density at radius 3 is 1.66 bits per heavy atom. The van der Waals surface area contributed by atoms with Crippen molar-refractivity contribution in [2.45, 2.75) is 41.1 Å². The van der Waals surface area contributed by atoms with Crippen LogP contribution in [0, 0.1) is 0 Å². The van der Waals surface area contributed by atoms with E-state index >= 15 is 0 Å². The van der Waals surface area contributed by atoms with Gasteiger partial charge in [0.2, 0.25) is 21.7 Å². The second kappa shape index (κ2) is 21.5. The fraction of sp³-hybridized carbons (Fsp3) is 0.333. The average molecular weight is 859 g/mol. The summed E-state index contributed by atoms with van der Waals surface area (Å²) in [5, 5.41) is 36.1. The van der Waals surface area contributed by atoms with Gasteiger partial charge in [0.15, 0.2) is 9.84 Å². The number of carbonyl (C=O) groups is 4. The lowest BCUT2D eigenvalue weighted by atomic mass is 10.3. The van der Waals surface area contributed by atoms with Crippen molar-refractivity contribution in [1.82, 2.24) is 50.2 Å². The normalized spacial score (nSPS) is 12.9. The molecule has 0 saturated carbocycles.